The third kappa shape index (κ3) is 1.60. The van der Waals surface area contributed by atoms with Gasteiger partial charge in [0.2, 0.25) is 5.95 Å². The summed E-state index contributed by atoms with van der Waals surface area (Å²) < 4.78 is 5.32. The number of anilines is 1. The lowest BCUT2D eigenvalue weighted by atomic mass is 9.81. The highest BCUT2D eigenvalue weighted by Gasteiger charge is 2.24. The monoisotopic (exact) mass is 229 g/mol. The second kappa shape index (κ2) is 3.87. The fraction of sp³-hybridized carbons (Fsp3) is 0.385. The van der Waals surface area contributed by atoms with Crippen LogP contribution in [0.2, 0.25) is 0 Å². The minimum atomic E-state index is 0.337. The van der Waals surface area contributed by atoms with Crippen LogP contribution in [0.3, 0.4) is 0 Å². The Morgan fingerprint density at radius 1 is 1.29 bits per heavy atom. The third-order valence-corrected chi connectivity index (χ3v) is 3.45. The Balaban J connectivity index is 2.27. The van der Waals surface area contributed by atoms with Crippen LogP contribution >= 0.6 is 0 Å². The second-order valence-corrected chi connectivity index (χ2v) is 4.45. The molecular formula is C13H15N3O. The van der Waals surface area contributed by atoms with Gasteiger partial charge >= 0.3 is 0 Å². The summed E-state index contributed by atoms with van der Waals surface area (Å²) in [5.74, 6) is 1.64. The number of fused-ring (bicyclic) bond motifs is 1. The summed E-state index contributed by atoms with van der Waals surface area (Å²) in [6.07, 6.45) is 3.67. The van der Waals surface area contributed by atoms with E-state index in [1.54, 1.807) is 7.11 Å². The summed E-state index contributed by atoms with van der Waals surface area (Å²) in [6, 6.07) is 5.92. The Kier molecular flexibility index (Phi) is 2.35. The van der Waals surface area contributed by atoms with Gasteiger partial charge in [0, 0.05) is 11.3 Å². The molecule has 0 amide bonds. The van der Waals surface area contributed by atoms with E-state index in [0.717, 1.165) is 22.3 Å². The molecule has 1 aliphatic carbocycles. The number of nitrogen functional groups attached to an aromatic ring is 1. The molecule has 0 atom stereocenters. The molecule has 1 aromatic carbocycles. The van der Waals surface area contributed by atoms with E-state index in [9.17, 15) is 0 Å². The summed E-state index contributed by atoms with van der Waals surface area (Å²) in [7, 11) is 1.65. The molecule has 3 rings (SSSR count). The quantitative estimate of drug-likeness (QED) is 0.859. The highest BCUT2D eigenvalue weighted by Crippen LogP contribution is 2.39. The van der Waals surface area contributed by atoms with Crippen LogP contribution in [0.4, 0.5) is 5.95 Å². The molecule has 1 aliphatic rings. The van der Waals surface area contributed by atoms with Crippen LogP contribution in [0.25, 0.3) is 10.9 Å². The van der Waals surface area contributed by atoms with E-state index in [1.807, 2.05) is 18.2 Å². The third-order valence-electron chi connectivity index (χ3n) is 3.45. The average Bonchev–Trinajstić information content (AvgIpc) is 2.26. The zero-order chi connectivity index (χ0) is 11.8. The molecule has 1 fully saturated rings. The number of methoxy groups -OCH3 is 1. The lowest BCUT2D eigenvalue weighted by Crippen LogP contribution is -2.13. The van der Waals surface area contributed by atoms with Gasteiger partial charge in [-0.25, -0.2) is 9.97 Å². The first-order valence-electron chi connectivity index (χ1n) is 5.89. The van der Waals surface area contributed by atoms with Crippen LogP contribution in [0.1, 0.15) is 30.9 Å². The topological polar surface area (TPSA) is 61.0 Å². The minimum Gasteiger partial charge on any atom is -0.494 e. The van der Waals surface area contributed by atoms with Gasteiger partial charge in [0.25, 0.3) is 0 Å². The number of rotatable bonds is 2. The zero-order valence-electron chi connectivity index (χ0n) is 9.81. The number of nitrogens with two attached hydrogens (primary N) is 1. The van der Waals surface area contributed by atoms with Crippen LogP contribution < -0.4 is 10.5 Å². The van der Waals surface area contributed by atoms with Crippen LogP contribution in [-0.2, 0) is 0 Å². The molecule has 2 aromatic rings. The largest absolute Gasteiger partial charge is 0.494 e. The Labute approximate surface area is 99.8 Å². The Morgan fingerprint density at radius 2 is 2.12 bits per heavy atom. The Bertz CT molecular complexity index is 564. The molecule has 1 saturated carbocycles. The molecule has 0 radical (unpaired) electrons. The number of nitrogens with zero attached hydrogens (tertiary/aromatic N) is 2. The maximum atomic E-state index is 5.79. The molecule has 0 spiro atoms. The van der Waals surface area contributed by atoms with E-state index >= 15 is 0 Å². The van der Waals surface area contributed by atoms with Gasteiger partial charge in [-0.1, -0.05) is 18.6 Å². The van der Waals surface area contributed by atoms with Gasteiger partial charge in [0.15, 0.2) is 0 Å². The fourth-order valence-electron chi connectivity index (χ4n) is 2.33. The highest BCUT2D eigenvalue weighted by atomic mass is 16.5. The Morgan fingerprint density at radius 3 is 2.76 bits per heavy atom. The van der Waals surface area contributed by atoms with Gasteiger partial charge in [-0.15, -0.1) is 0 Å². The highest BCUT2D eigenvalue weighted by molar-refractivity contribution is 5.87. The SMILES string of the molecule is COc1cccc2c(C3CCC3)nc(N)nc12. The molecule has 4 nitrogen and oxygen atoms in total. The van der Waals surface area contributed by atoms with Gasteiger partial charge in [0.05, 0.1) is 12.8 Å². The number of aromatic nitrogens is 2. The molecule has 17 heavy (non-hydrogen) atoms. The van der Waals surface area contributed by atoms with Crippen LogP contribution in [-0.4, -0.2) is 17.1 Å². The van der Waals surface area contributed by atoms with Crippen molar-refractivity contribution in [1.29, 1.82) is 0 Å². The van der Waals surface area contributed by atoms with Crippen LogP contribution in [0, 0.1) is 0 Å². The van der Waals surface area contributed by atoms with E-state index in [4.69, 9.17) is 10.5 Å². The van der Waals surface area contributed by atoms with Crippen molar-refractivity contribution in [2.75, 3.05) is 12.8 Å². The molecule has 1 aromatic heterocycles. The van der Waals surface area contributed by atoms with Gasteiger partial charge in [-0.3, -0.25) is 0 Å². The number of hydrogen-bond donors (Lipinski definition) is 1. The smallest absolute Gasteiger partial charge is 0.220 e. The summed E-state index contributed by atoms with van der Waals surface area (Å²) in [5, 5.41) is 1.07. The van der Waals surface area contributed by atoms with Crippen LogP contribution in [0.15, 0.2) is 18.2 Å². The zero-order valence-corrected chi connectivity index (χ0v) is 9.81. The molecule has 2 N–H and O–H groups in total. The Hall–Kier alpha value is -1.84. The van der Waals surface area contributed by atoms with Crippen molar-refractivity contribution in [3.8, 4) is 5.75 Å². The van der Waals surface area contributed by atoms with Crippen molar-refractivity contribution >= 4 is 16.9 Å². The van der Waals surface area contributed by atoms with E-state index in [2.05, 4.69) is 9.97 Å². The van der Waals surface area contributed by atoms with Crippen molar-refractivity contribution in [2.24, 2.45) is 0 Å². The molecule has 0 saturated heterocycles. The molecule has 0 aliphatic heterocycles. The predicted molar refractivity (Wildman–Crippen MR) is 67.1 cm³/mol. The minimum absolute atomic E-state index is 0.337. The maximum Gasteiger partial charge on any atom is 0.220 e. The number of para-hydroxylation sites is 1. The van der Waals surface area contributed by atoms with E-state index in [0.29, 0.717) is 11.9 Å². The lowest BCUT2D eigenvalue weighted by Gasteiger charge is -2.26. The van der Waals surface area contributed by atoms with Crippen molar-refractivity contribution in [2.45, 2.75) is 25.2 Å². The first-order chi connectivity index (χ1) is 8.29. The van der Waals surface area contributed by atoms with Crippen LogP contribution in [0.5, 0.6) is 5.75 Å². The summed E-state index contributed by atoms with van der Waals surface area (Å²) in [4.78, 5) is 8.70. The maximum absolute atomic E-state index is 5.79. The standard InChI is InChI=1S/C13H15N3O/c1-17-10-7-3-6-9-11(8-4-2-5-8)15-13(14)16-12(9)10/h3,6-8H,2,4-5H2,1H3,(H2,14,15,16). The summed E-state index contributed by atoms with van der Waals surface area (Å²) in [6.45, 7) is 0. The van der Waals surface area contributed by atoms with E-state index < -0.39 is 0 Å². The summed E-state index contributed by atoms with van der Waals surface area (Å²) >= 11 is 0. The van der Waals surface area contributed by atoms with Gasteiger partial charge in [0.1, 0.15) is 11.3 Å². The van der Waals surface area contributed by atoms with Crippen molar-refractivity contribution in [3.05, 3.63) is 23.9 Å². The molecule has 4 heteroatoms. The second-order valence-electron chi connectivity index (χ2n) is 4.45. The normalized spacial score (nSPS) is 15.8. The van der Waals surface area contributed by atoms with Gasteiger partial charge < -0.3 is 10.5 Å². The lowest BCUT2D eigenvalue weighted by molar-refractivity contribution is 0.412. The molecular weight excluding hydrogens is 214 g/mol. The molecule has 0 bridgehead atoms. The predicted octanol–water partition coefficient (Wildman–Crippen LogP) is 2.49. The first kappa shape index (κ1) is 10.3. The number of benzene rings is 1. The van der Waals surface area contributed by atoms with Crippen molar-refractivity contribution < 1.29 is 4.74 Å². The molecule has 0 unspecified atom stereocenters. The van der Waals surface area contributed by atoms with Gasteiger partial charge in [-0.05, 0) is 18.9 Å². The average molecular weight is 229 g/mol. The molecule has 88 valence electrons. The summed E-state index contributed by atoms with van der Waals surface area (Å²) in [5.41, 5.74) is 7.69. The van der Waals surface area contributed by atoms with E-state index in [-0.39, 0.29) is 0 Å². The van der Waals surface area contributed by atoms with Gasteiger partial charge in [-0.2, -0.15) is 0 Å². The fourth-order valence-corrected chi connectivity index (χ4v) is 2.33. The number of hydrogen-bond acceptors (Lipinski definition) is 4. The molecule has 1 heterocycles. The van der Waals surface area contributed by atoms with Crippen molar-refractivity contribution in [1.82, 2.24) is 9.97 Å². The number of ether oxygens (including phenoxy) is 1. The first-order valence-corrected chi connectivity index (χ1v) is 5.89. The van der Waals surface area contributed by atoms with Crippen molar-refractivity contribution in [3.63, 3.8) is 0 Å². The van der Waals surface area contributed by atoms with E-state index in [1.165, 1.54) is 19.3 Å².